The fourth-order valence-electron chi connectivity index (χ4n) is 2.02. The lowest BCUT2D eigenvalue weighted by atomic mass is 10.0. The van der Waals surface area contributed by atoms with Crippen LogP contribution in [0, 0.1) is 0 Å². The average molecular weight is 210 g/mol. The zero-order valence-electron chi connectivity index (χ0n) is 9.83. The number of rotatable bonds is 3. The van der Waals surface area contributed by atoms with Gasteiger partial charge in [0.05, 0.1) is 0 Å². The number of hydrogen-bond donors (Lipinski definition) is 1. The van der Waals surface area contributed by atoms with Gasteiger partial charge < -0.3 is 10.2 Å². The summed E-state index contributed by atoms with van der Waals surface area (Å²) in [4.78, 5) is 13.8. The van der Waals surface area contributed by atoms with E-state index < -0.39 is 0 Å². The normalized spacial score (nSPS) is 22.0. The lowest BCUT2D eigenvalue weighted by molar-refractivity contribution is 0.152. The van der Waals surface area contributed by atoms with Crippen LogP contribution in [0.25, 0.3) is 0 Å². The van der Waals surface area contributed by atoms with Gasteiger partial charge >= 0.3 is 6.03 Å². The van der Waals surface area contributed by atoms with Crippen LogP contribution >= 0.6 is 0 Å². The van der Waals surface area contributed by atoms with E-state index in [1.54, 1.807) is 6.20 Å². The van der Waals surface area contributed by atoms with Crippen LogP contribution in [0.3, 0.4) is 0 Å². The summed E-state index contributed by atoms with van der Waals surface area (Å²) in [5, 5.41) is 2.82. The average Bonchev–Trinajstić information content (AvgIpc) is 2.29. The standard InChI is InChI=1S/C12H22N2O/c1-3-5-9-13-12(15)14-10-7-6-8-11(14)4-2/h5,9,11H,3-4,6-8,10H2,1-2H3,(H,13,15)/b9-5+. The lowest BCUT2D eigenvalue weighted by Gasteiger charge is -2.34. The molecule has 0 radical (unpaired) electrons. The Kier molecular flexibility index (Phi) is 5.22. The molecule has 1 rings (SSSR count). The van der Waals surface area contributed by atoms with Gasteiger partial charge in [-0.1, -0.05) is 19.9 Å². The van der Waals surface area contributed by atoms with Crippen molar-refractivity contribution >= 4 is 6.03 Å². The maximum atomic E-state index is 11.8. The van der Waals surface area contributed by atoms with Crippen LogP contribution in [0.15, 0.2) is 12.3 Å². The molecule has 1 aliphatic heterocycles. The number of carbonyl (C=O) groups excluding carboxylic acids is 1. The first kappa shape index (κ1) is 12.1. The Bertz CT molecular complexity index is 226. The molecule has 1 N–H and O–H groups in total. The second-order valence-electron chi connectivity index (χ2n) is 4.01. The quantitative estimate of drug-likeness (QED) is 0.763. The highest BCUT2D eigenvalue weighted by molar-refractivity contribution is 5.75. The van der Waals surface area contributed by atoms with Crippen LogP contribution in [0.5, 0.6) is 0 Å². The number of hydrogen-bond acceptors (Lipinski definition) is 1. The third kappa shape index (κ3) is 3.57. The first-order valence-corrected chi connectivity index (χ1v) is 6.01. The Balaban J connectivity index is 2.44. The van der Waals surface area contributed by atoms with Crippen molar-refractivity contribution < 1.29 is 4.79 Å². The number of amides is 2. The minimum atomic E-state index is 0.0613. The van der Waals surface area contributed by atoms with Crippen LogP contribution in [-0.4, -0.2) is 23.5 Å². The second-order valence-corrected chi connectivity index (χ2v) is 4.01. The van der Waals surface area contributed by atoms with Crippen molar-refractivity contribution in [3.05, 3.63) is 12.3 Å². The lowest BCUT2D eigenvalue weighted by Crippen LogP contribution is -2.47. The SMILES string of the molecule is CC/C=C/NC(=O)N1CCCCC1CC. The van der Waals surface area contributed by atoms with Crippen molar-refractivity contribution in [3.63, 3.8) is 0 Å². The number of urea groups is 1. The van der Waals surface area contributed by atoms with E-state index in [0.29, 0.717) is 6.04 Å². The molecular weight excluding hydrogens is 188 g/mol. The Hall–Kier alpha value is -0.990. The van der Waals surface area contributed by atoms with E-state index in [2.05, 4.69) is 19.2 Å². The van der Waals surface area contributed by atoms with Crippen molar-refractivity contribution in [3.8, 4) is 0 Å². The molecule has 1 atom stereocenters. The molecule has 0 aromatic carbocycles. The molecule has 15 heavy (non-hydrogen) atoms. The maximum Gasteiger partial charge on any atom is 0.321 e. The van der Waals surface area contributed by atoms with Crippen molar-refractivity contribution in [2.75, 3.05) is 6.54 Å². The number of carbonyl (C=O) groups is 1. The number of likely N-dealkylation sites (tertiary alicyclic amines) is 1. The summed E-state index contributed by atoms with van der Waals surface area (Å²) in [7, 11) is 0. The van der Waals surface area contributed by atoms with Gasteiger partial charge in [0.2, 0.25) is 0 Å². The summed E-state index contributed by atoms with van der Waals surface area (Å²) >= 11 is 0. The van der Waals surface area contributed by atoms with Crippen LogP contribution in [0.1, 0.15) is 46.0 Å². The van der Waals surface area contributed by atoms with Crippen molar-refractivity contribution in [2.45, 2.75) is 52.0 Å². The predicted molar refractivity (Wildman–Crippen MR) is 62.6 cm³/mol. The van der Waals surface area contributed by atoms with Crippen LogP contribution < -0.4 is 5.32 Å². The molecule has 3 heteroatoms. The molecule has 0 aromatic heterocycles. The van der Waals surface area contributed by atoms with Crippen molar-refractivity contribution in [2.24, 2.45) is 0 Å². The number of allylic oxidation sites excluding steroid dienone is 1. The monoisotopic (exact) mass is 210 g/mol. The van der Waals surface area contributed by atoms with Crippen LogP contribution in [0.2, 0.25) is 0 Å². The first-order chi connectivity index (χ1) is 7.29. The summed E-state index contributed by atoms with van der Waals surface area (Å²) in [5.41, 5.74) is 0. The first-order valence-electron chi connectivity index (χ1n) is 6.01. The molecule has 1 unspecified atom stereocenters. The van der Waals surface area contributed by atoms with Gasteiger partial charge in [0, 0.05) is 18.8 Å². The topological polar surface area (TPSA) is 32.3 Å². The molecule has 1 aliphatic rings. The molecule has 0 spiro atoms. The third-order valence-corrected chi connectivity index (χ3v) is 2.92. The number of nitrogens with zero attached hydrogens (tertiary/aromatic N) is 1. The maximum absolute atomic E-state index is 11.8. The molecule has 0 bridgehead atoms. The summed E-state index contributed by atoms with van der Waals surface area (Å²) in [6.07, 6.45) is 9.28. The van der Waals surface area contributed by atoms with Gasteiger partial charge in [-0.3, -0.25) is 0 Å². The Morgan fingerprint density at radius 2 is 2.27 bits per heavy atom. The molecule has 0 saturated carbocycles. The van der Waals surface area contributed by atoms with E-state index in [1.807, 2.05) is 11.0 Å². The minimum Gasteiger partial charge on any atom is -0.322 e. The van der Waals surface area contributed by atoms with E-state index >= 15 is 0 Å². The van der Waals surface area contributed by atoms with Gasteiger partial charge in [-0.25, -0.2) is 4.79 Å². The number of nitrogens with one attached hydrogen (secondary N) is 1. The number of piperidine rings is 1. The van der Waals surface area contributed by atoms with Gasteiger partial charge in [0.15, 0.2) is 0 Å². The second kappa shape index (κ2) is 6.49. The third-order valence-electron chi connectivity index (χ3n) is 2.92. The molecule has 1 fully saturated rings. The summed E-state index contributed by atoms with van der Waals surface area (Å²) in [5.74, 6) is 0. The van der Waals surface area contributed by atoms with Gasteiger partial charge in [-0.15, -0.1) is 0 Å². The Morgan fingerprint density at radius 1 is 1.47 bits per heavy atom. The summed E-state index contributed by atoms with van der Waals surface area (Å²) in [6, 6.07) is 0.500. The predicted octanol–water partition coefficient (Wildman–Crippen LogP) is 2.88. The largest absolute Gasteiger partial charge is 0.322 e. The van der Waals surface area contributed by atoms with Gasteiger partial charge in [-0.05, 0) is 32.1 Å². The molecule has 0 aliphatic carbocycles. The molecule has 1 saturated heterocycles. The molecule has 2 amide bonds. The van der Waals surface area contributed by atoms with E-state index in [4.69, 9.17) is 0 Å². The smallest absolute Gasteiger partial charge is 0.321 e. The molecule has 3 nitrogen and oxygen atoms in total. The highest BCUT2D eigenvalue weighted by Gasteiger charge is 2.24. The summed E-state index contributed by atoms with van der Waals surface area (Å²) < 4.78 is 0. The van der Waals surface area contributed by atoms with E-state index in [-0.39, 0.29) is 6.03 Å². The van der Waals surface area contributed by atoms with E-state index in [0.717, 1.165) is 32.2 Å². The fourth-order valence-corrected chi connectivity index (χ4v) is 2.02. The highest BCUT2D eigenvalue weighted by Crippen LogP contribution is 2.19. The van der Waals surface area contributed by atoms with Crippen molar-refractivity contribution in [1.29, 1.82) is 0 Å². The van der Waals surface area contributed by atoms with Gasteiger partial charge in [0.1, 0.15) is 0 Å². The van der Waals surface area contributed by atoms with E-state index in [1.165, 1.54) is 6.42 Å². The van der Waals surface area contributed by atoms with Crippen molar-refractivity contribution in [1.82, 2.24) is 10.2 Å². The molecule has 1 heterocycles. The summed E-state index contributed by atoms with van der Waals surface area (Å²) in [6.45, 7) is 5.11. The fraction of sp³-hybridized carbons (Fsp3) is 0.750. The van der Waals surface area contributed by atoms with Gasteiger partial charge in [0.25, 0.3) is 0 Å². The zero-order chi connectivity index (χ0) is 11.1. The molecular formula is C12H22N2O. The molecule has 86 valence electrons. The van der Waals surface area contributed by atoms with E-state index in [9.17, 15) is 4.79 Å². The Morgan fingerprint density at radius 3 is 2.93 bits per heavy atom. The molecule has 0 aromatic rings. The van der Waals surface area contributed by atoms with Crippen LogP contribution in [-0.2, 0) is 0 Å². The highest BCUT2D eigenvalue weighted by atomic mass is 16.2. The van der Waals surface area contributed by atoms with Crippen LogP contribution in [0.4, 0.5) is 4.79 Å². The van der Waals surface area contributed by atoms with Gasteiger partial charge in [-0.2, -0.15) is 0 Å². The Labute approximate surface area is 92.5 Å². The minimum absolute atomic E-state index is 0.0613. The zero-order valence-corrected chi connectivity index (χ0v) is 9.83.